The zero-order chi connectivity index (χ0) is 16.7. The smallest absolute Gasteiger partial charge is 0.244 e. The van der Waals surface area contributed by atoms with Crippen LogP contribution >= 0.6 is 0 Å². The third-order valence-electron chi connectivity index (χ3n) is 6.64. The van der Waals surface area contributed by atoms with E-state index in [4.69, 9.17) is 0 Å². The third kappa shape index (κ3) is 3.01. The number of halogens is 1. The van der Waals surface area contributed by atoms with Crippen LogP contribution in [0.5, 0.6) is 0 Å². The number of carbonyl (C=O) groups is 1. The monoisotopic (exact) mass is 327 g/mol. The van der Waals surface area contributed by atoms with Crippen LogP contribution in [0, 0.1) is 29.0 Å². The summed E-state index contributed by atoms with van der Waals surface area (Å²) in [5.41, 5.74) is 1.03. The van der Waals surface area contributed by atoms with E-state index in [2.05, 4.69) is 12.2 Å². The first kappa shape index (κ1) is 15.9. The Hall–Kier alpha value is -1.64. The molecule has 4 bridgehead atoms. The average Bonchev–Trinajstić information content (AvgIpc) is 2.52. The highest BCUT2D eigenvalue weighted by Crippen LogP contribution is 2.61. The maximum absolute atomic E-state index is 13.2. The highest BCUT2D eigenvalue weighted by molar-refractivity contribution is 5.91. The summed E-state index contributed by atoms with van der Waals surface area (Å²) in [7, 11) is 0. The van der Waals surface area contributed by atoms with Crippen molar-refractivity contribution in [2.45, 2.75) is 51.5 Å². The van der Waals surface area contributed by atoms with Crippen molar-refractivity contribution in [1.29, 1.82) is 0 Å². The molecule has 0 saturated heterocycles. The van der Waals surface area contributed by atoms with Crippen molar-refractivity contribution < 1.29 is 9.18 Å². The normalized spacial score (nSPS) is 35.3. The van der Waals surface area contributed by atoms with Gasteiger partial charge >= 0.3 is 0 Å². The van der Waals surface area contributed by atoms with E-state index in [1.807, 2.05) is 0 Å². The number of rotatable bonds is 4. The first-order valence-corrected chi connectivity index (χ1v) is 9.26. The third-order valence-corrected chi connectivity index (χ3v) is 6.64. The van der Waals surface area contributed by atoms with Crippen molar-refractivity contribution >= 4 is 12.0 Å². The summed E-state index contributed by atoms with van der Waals surface area (Å²) in [6.45, 7) is 2.18. The summed E-state index contributed by atoms with van der Waals surface area (Å²) in [6, 6.07) is 6.52. The maximum atomic E-state index is 13.2. The first-order valence-electron chi connectivity index (χ1n) is 9.26. The maximum Gasteiger partial charge on any atom is 0.244 e. The number of hydrogen-bond donors (Lipinski definition) is 1. The summed E-state index contributed by atoms with van der Waals surface area (Å²) >= 11 is 0. The van der Waals surface area contributed by atoms with Gasteiger partial charge in [-0.2, -0.15) is 0 Å². The van der Waals surface area contributed by atoms with Crippen LogP contribution in [0.25, 0.3) is 6.08 Å². The first-order chi connectivity index (χ1) is 11.5. The molecule has 2 nitrogen and oxygen atoms in total. The van der Waals surface area contributed by atoms with E-state index in [0.29, 0.717) is 11.0 Å². The molecule has 24 heavy (non-hydrogen) atoms. The molecule has 1 aromatic rings. The second kappa shape index (κ2) is 6.02. The molecule has 4 aliphatic rings. The molecule has 5 rings (SSSR count). The quantitative estimate of drug-likeness (QED) is 0.807. The van der Waals surface area contributed by atoms with E-state index in [0.717, 1.165) is 17.8 Å². The van der Waals surface area contributed by atoms with E-state index in [1.54, 1.807) is 18.2 Å². The van der Waals surface area contributed by atoms with Gasteiger partial charge in [0, 0.05) is 12.1 Å². The Morgan fingerprint density at radius 2 is 1.83 bits per heavy atom. The largest absolute Gasteiger partial charge is 0.350 e. The second-order valence-electron chi connectivity index (χ2n) is 8.40. The number of carbonyl (C=O) groups excluding carboxylic acids is 1. The van der Waals surface area contributed by atoms with Crippen molar-refractivity contribution in [2.75, 3.05) is 0 Å². The van der Waals surface area contributed by atoms with E-state index in [9.17, 15) is 9.18 Å². The molecule has 3 heteroatoms. The second-order valence-corrected chi connectivity index (χ2v) is 8.40. The fourth-order valence-corrected chi connectivity index (χ4v) is 5.90. The molecular formula is C21H26FNO. The summed E-state index contributed by atoms with van der Waals surface area (Å²) in [5.74, 6) is 2.32. The van der Waals surface area contributed by atoms with Crippen LogP contribution in [0.4, 0.5) is 4.39 Å². The summed E-state index contributed by atoms with van der Waals surface area (Å²) in [4.78, 5) is 12.3. The van der Waals surface area contributed by atoms with Gasteiger partial charge in [0.15, 0.2) is 0 Å². The number of nitrogens with one attached hydrogen (secondary N) is 1. The molecule has 1 N–H and O–H groups in total. The topological polar surface area (TPSA) is 29.1 Å². The van der Waals surface area contributed by atoms with Gasteiger partial charge in [-0.1, -0.05) is 12.1 Å². The lowest BCUT2D eigenvalue weighted by atomic mass is 9.48. The lowest BCUT2D eigenvalue weighted by Gasteiger charge is -2.59. The highest BCUT2D eigenvalue weighted by atomic mass is 19.1. The molecule has 1 aromatic carbocycles. The van der Waals surface area contributed by atoms with Crippen molar-refractivity contribution in [2.24, 2.45) is 23.2 Å². The van der Waals surface area contributed by atoms with Crippen molar-refractivity contribution in [1.82, 2.24) is 5.32 Å². The lowest BCUT2D eigenvalue weighted by molar-refractivity contribution is -0.121. The zero-order valence-electron chi connectivity index (χ0n) is 14.3. The van der Waals surface area contributed by atoms with Gasteiger partial charge in [-0.15, -0.1) is 0 Å². The van der Waals surface area contributed by atoms with Gasteiger partial charge in [0.05, 0.1) is 0 Å². The van der Waals surface area contributed by atoms with Gasteiger partial charge in [0.25, 0.3) is 0 Å². The van der Waals surface area contributed by atoms with Crippen molar-refractivity contribution in [3.8, 4) is 0 Å². The molecule has 4 aliphatic carbocycles. The zero-order valence-corrected chi connectivity index (χ0v) is 14.3. The van der Waals surface area contributed by atoms with Gasteiger partial charge < -0.3 is 5.32 Å². The van der Waals surface area contributed by atoms with Crippen LogP contribution in [0.15, 0.2) is 30.3 Å². The fraction of sp³-hybridized carbons (Fsp3) is 0.571. The van der Waals surface area contributed by atoms with Crippen LogP contribution in [-0.4, -0.2) is 11.9 Å². The minimum absolute atomic E-state index is 0.0671. The molecule has 0 unspecified atom stereocenters. The molecule has 1 atom stereocenters. The molecule has 4 saturated carbocycles. The van der Waals surface area contributed by atoms with E-state index in [1.165, 1.54) is 56.7 Å². The Morgan fingerprint density at radius 1 is 1.21 bits per heavy atom. The highest BCUT2D eigenvalue weighted by Gasteiger charge is 2.53. The van der Waals surface area contributed by atoms with Crippen LogP contribution < -0.4 is 5.32 Å². The van der Waals surface area contributed by atoms with Gasteiger partial charge in [-0.25, -0.2) is 4.39 Å². The Labute approximate surface area is 143 Å². The molecule has 0 aromatic heterocycles. The molecule has 1 amide bonds. The summed E-state index contributed by atoms with van der Waals surface area (Å²) < 4.78 is 13.2. The molecule has 4 fully saturated rings. The van der Waals surface area contributed by atoms with E-state index in [-0.39, 0.29) is 17.8 Å². The van der Waals surface area contributed by atoms with Gasteiger partial charge in [-0.3, -0.25) is 4.79 Å². The average molecular weight is 327 g/mol. The number of hydrogen-bond acceptors (Lipinski definition) is 1. The van der Waals surface area contributed by atoms with Crippen LogP contribution in [0.2, 0.25) is 0 Å². The SMILES string of the molecule is C[C@H](NC(=O)/C=C/c1cccc(F)c1)C12CC3CC(CC(C3)C1)C2. The van der Waals surface area contributed by atoms with Gasteiger partial charge in [0.2, 0.25) is 5.91 Å². The summed E-state index contributed by atoms with van der Waals surface area (Å²) in [6.07, 6.45) is 11.3. The Kier molecular flexibility index (Phi) is 3.98. The lowest BCUT2D eigenvalue weighted by Crippen LogP contribution is -2.55. The van der Waals surface area contributed by atoms with E-state index < -0.39 is 0 Å². The predicted molar refractivity (Wildman–Crippen MR) is 93.6 cm³/mol. The molecule has 0 heterocycles. The minimum Gasteiger partial charge on any atom is -0.350 e. The van der Waals surface area contributed by atoms with Crippen molar-refractivity contribution in [3.05, 3.63) is 41.7 Å². The molecular weight excluding hydrogens is 301 g/mol. The fourth-order valence-electron chi connectivity index (χ4n) is 5.90. The molecule has 0 spiro atoms. The van der Waals surface area contributed by atoms with Crippen LogP contribution in [-0.2, 0) is 4.79 Å². The number of benzene rings is 1. The molecule has 0 radical (unpaired) electrons. The minimum atomic E-state index is -0.278. The van der Waals surface area contributed by atoms with Gasteiger partial charge in [0.1, 0.15) is 5.82 Å². The number of amides is 1. The Morgan fingerprint density at radius 3 is 2.42 bits per heavy atom. The van der Waals surface area contributed by atoms with Crippen molar-refractivity contribution in [3.63, 3.8) is 0 Å². The summed E-state index contributed by atoms with van der Waals surface area (Å²) in [5, 5.41) is 3.20. The van der Waals surface area contributed by atoms with Gasteiger partial charge in [-0.05, 0) is 92.4 Å². The standard InChI is InChI=1S/C21H26FNO/c1-14(21-11-16-7-17(12-21)9-18(8-16)13-21)23-20(24)6-5-15-3-2-4-19(22)10-15/h2-6,10,14,16-18H,7-9,11-13H2,1H3,(H,23,24)/b6-5+/t14-,16?,17?,18?,21?/m0/s1. The Bertz CT molecular complexity index is 630. The van der Waals surface area contributed by atoms with Crippen LogP contribution in [0.1, 0.15) is 51.0 Å². The Balaban J connectivity index is 1.41. The molecule has 128 valence electrons. The molecule has 0 aliphatic heterocycles. The van der Waals surface area contributed by atoms with Crippen LogP contribution in [0.3, 0.4) is 0 Å². The predicted octanol–water partition coefficient (Wildman–Crippen LogP) is 4.56. The van der Waals surface area contributed by atoms with E-state index >= 15 is 0 Å².